The van der Waals surface area contributed by atoms with Gasteiger partial charge < -0.3 is 38.6 Å². The summed E-state index contributed by atoms with van der Waals surface area (Å²) in [4.78, 5) is 55.9. The van der Waals surface area contributed by atoms with Crippen LogP contribution in [0.3, 0.4) is 0 Å². The van der Waals surface area contributed by atoms with Crippen LogP contribution < -0.4 is 9.64 Å². The number of aliphatic hydroxyl groups is 1. The number of nitrogens with zero attached hydrogens (tertiary/aromatic N) is 2. The highest BCUT2D eigenvalue weighted by Gasteiger charge is 2.64. The zero-order chi connectivity index (χ0) is 37.1. The van der Waals surface area contributed by atoms with Crippen molar-refractivity contribution in [2.24, 2.45) is 5.92 Å². The van der Waals surface area contributed by atoms with Crippen molar-refractivity contribution in [2.75, 3.05) is 33.2 Å². The third-order valence-corrected chi connectivity index (χ3v) is 10.6. The molecule has 2 saturated heterocycles. The second kappa shape index (κ2) is 15.8. The fourth-order valence-electron chi connectivity index (χ4n) is 6.86. The number of rotatable bonds is 7. The van der Waals surface area contributed by atoms with Crippen LogP contribution in [0.15, 0.2) is 35.9 Å². The molecule has 13 heteroatoms. The van der Waals surface area contributed by atoms with Crippen LogP contribution in [0, 0.1) is 5.92 Å². The summed E-state index contributed by atoms with van der Waals surface area (Å²) in [5.74, 6) is -1.99. The van der Waals surface area contributed by atoms with E-state index in [9.17, 15) is 24.3 Å². The first-order valence-corrected chi connectivity index (χ1v) is 17.4. The van der Waals surface area contributed by atoms with Crippen molar-refractivity contribution in [3.05, 3.63) is 46.5 Å². The molecule has 50 heavy (non-hydrogen) atoms. The quantitative estimate of drug-likeness (QED) is 0.315. The van der Waals surface area contributed by atoms with Crippen LogP contribution in [0.5, 0.6) is 5.75 Å². The summed E-state index contributed by atoms with van der Waals surface area (Å²) in [5, 5.41) is 12.0. The summed E-state index contributed by atoms with van der Waals surface area (Å²) in [6, 6.07) is 2.68. The van der Waals surface area contributed by atoms with E-state index < -0.39 is 65.4 Å². The van der Waals surface area contributed by atoms with Crippen LogP contribution in [0.1, 0.15) is 72.3 Å². The molecule has 0 spiro atoms. The van der Waals surface area contributed by atoms with Gasteiger partial charge in [-0.1, -0.05) is 49.2 Å². The third kappa shape index (κ3) is 8.36. The first kappa shape index (κ1) is 39.3. The fraction of sp³-hybridized carbons (Fsp3) is 0.622. The van der Waals surface area contributed by atoms with Gasteiger partial charge in [-0.05, 0) is 51.3 Å². The number of hydrogen-bond donors (Lipinski definition) is 1. The van der Waals surface area contributed by atoms with Gasteiger partial charge in [-0.3, -0.25) is 14.4 Å². The van der Waals surface area contributed by atoms with Crippen molar-refractivity contribution in [1.29, 1.82) is 0 Å². The molecule has 0 unspecified atom stereocenters. The minimum absolute atomic E-state index is 0.0685. The zero-order valence-corrected chi connectivity index (χ0v) is 31.2. The number of fused-ring (bicyclic) bond motifs is 5. The Morgan fingerprint density at radius 1 is 1.24 bits per heavy atom. The second-order valence-electron chi connectivity index (χ2n) is 14.0. The minimum Gasteiger partial charge on any atom is -0.495 e. The number of benzene rings is 1. The highest BCUT2D eigenvalue weighted by atomic mass is 35.5. The summed E-state index contributed by atoms with van der Waals surface area (Å²) in [7, 11) is 6.09. The predicted octanol–water partition coefficient (Wildman–Crippen LogP) is 4.56. The molecule has 8 atom stereocenters. The molecule has 0 saturated carbocycles. The molecule has 3 aliphatic rings. The number of allylic oxidation sites excluding steroid dienone is 3. The van der Waals surface area contributed by atoms with Crippen molar-refractivity contribution >= 4 is 41.0 Å². The van der Waals surface area contributed by atoms with Gasteiger partial charge in [0, 0.05) is 40.0 Å². The van der Waals surface area contributed by atoms with E-state index in [2.05, 4.69) is 0 Å². The maximum atomic E-state index is 14.1. The van der Waals surface area contributed by atoms with Gasteiger partial charge >= 0.3 is 11.9 Å². The normalized spacial score (nSPS) is 32.5. The predicted molar refractivity (Wildman–Crippen MR) is 187 cm³/mol. The lowest BCUT2D eigenvalue weighted by molar-refractivity contribution is -0.187. The van der Waals surface area contributed by atoms with Gasteiger partial charge in [0.25, 0.3) is 0 Å². The maximum Gasteiger partial charge on any atom is 0.328 e. The van der Waals surface area contributed by atoms with Gasteiger partial charge in [-0.2, -0.15) is 0 Å². The number of ether oxygens (including phenoxy) is 5. The summed E-state index contributed by atoms with van der Waals surface area (Å²) < 4.78 is 29.3. The number of hydrogen-bond acceptors (Lipinski definition) is 10. The molecule has 1 N–H and O–H groups in total. The first-order valence-electron chi connectivity index (χ1n) is 17.0. The Labute approximate surface area is 299 Å². The largest absolute Gasteiger partial charge is 0.495 e. The van der Waals surface area contributed by atoms with Gasteiger partial charge in [-0.15, -0.1) is 0 Å². The Balaban J connectivity index is 1.78. The summed E-state index contributed by atoms with van der Waals surface area (Å²) in [6.07, 6.45) is 2.97. The molecule has 0 aliphatic carbocycles. The van der Waals surface area contributed by atoms with E-state index in [0.717, 1.165) is 11.1 Å². The van der Waals surface area contributed by atoms with Crippen LogP contribution in [-0.4, -0.2) is 104 Å². The Bertz CT molecular complexity index is 1530. The van der Waals surface area contributed by atoms with E-state index >= 15 is 0 Å². The van der Waals surface area contributed by atoms with Gasteiger partial charge in [0.2, 0.25) is 11.8 Å². The molecule has 2 fully saturated rings. The molecular weight excluding hydrogens is 668 g/mol. The summed E-state index contributed by atoms with van der Waals surface area (Å²) in [6.45, 7) is 8.95. The SMILES string of the molecule is CCCC(=O)N(C)[C@@H](C)C(=O)O[C@H]1CC(=O)N(C)c2cc(cc(OC)c2Cl)C/C(C)=C/C=C/[C@@H](OC)[C@]2(O)CC(=O)O[C@@H](C2)[C@@H](C)[C@@H]2O[C@]12C. The second-order valence-corrected chi connectivity index (χ2v) is 14.3. The Morgan fingerprint density at radius 3 is 2.58 bits per heavy atom. The van der Waals surface area contributed by atoms with Crippen LogP contribution in [-0.2, 0) is 44.5 Å². The molecular formula is C37H51ClN2O10. The Morgan fingerprint density at radius 2 is 1.94 bits per heavy atom. The lowest BCUT2D eigenvalue weighted by Crippen LogP contribution is -2.53. The molecule has 0 aromatic heterocycles. The number of halogens is 1. The highest BCUT2D eigenvalue weighted by Crippen LogP contribution is 2.50. The molecule has 3 aliphatic heterocycles. The van der Waals surface area contributed by atoms with E-state index in [4.69, 9.17) is 35.3 Å². The number of likely N-dealkylation sites (N-methyl/N-ethyl adjacent to an activating group) is 1. The lowest BCUT2D eigenvalue weighted by Gasteiger charge is -2.41. The van der Waals surface area contributed by atoms with Crippen molar-refractivity contribution in [1.82, 2.24) is 4.90 Å². The van der Waals surface area contributed by atoms with E-state index in [-0.39, 0.29) is 36.6 Å². The summed E-state index contributed by atoms with van der Waals surface area (Å²) >= 11 is 6.74. The number of methoxy groups -OCH3 is 2. The molecule has 3 heterocycles. The average Bonchev–Trinajstić information content (AvgIpc) is 3.76. The van der Waals surface area contributed by atoms with Crippen LogP contribution >= 0.6 is 11.6 Å². The topological polar surface area (TPSA) is 144 Å². The summed E-state index contributed by atoms with van der Waals surface area (Å²) in [5.41, 5.74) is -0.557. The molecule has 4 bridgehead atoms. The first-order chi connectivity index (χ1) is 23.5. The van der Waals surface area contributed by atoms with Gasteiger partial charge in [-0.25, -0.2) is 4.79 Å². The highest BCUT2D eigenvalue weighted by molar-refractivity contribution is 6.35. The molecule has 276 valence electrons. The monoisotopic (exact) mass is 718 g/mol. The van der Waals surface area contributed by atoms with E-state index in [1.165, 1.54) is 31.1 Å². The van der Waals surface area contributed by atoms with Crippen molar-refractivity contribution < 1.29 is 48.0 Å². The van der Waals surface area contributed by atoms with E-state index in [1.807, 2.05) is 32.9 Å². The van der Waals surface area contributed by atoms with E-state index in [1.54, 1.807) is 39.1 Å². The third-order valence-electron chi connectivity index (χ3n) is 10.2. The fourth-order valence-corrected chi connectivity index (χ4v) is 7.17. The van der Waals surface area contributed by atoms with Crippen molar-refractivity contribution in [3.63, 3.8) is 0 Å². The van der Waals surface area contributed by atoms with Crippen LogP contribution in [0.25, 0.3) is 0 Å². The van der Waals surface area contributed by atoms with Gasteiger partial charge in [0.05, 0.1) is 31.7 Å². The molecule has 2 amide bonds. The molecule has 12 nitrogen and oxygen atoms in total. The van der Waals surface area contributed by atoms with Crippen molar-refractivity contribution in [2.45, 2.75) is 115 Å². The maximum absolute atomic E-state index is 14.1. The zero-order valence-electron chi connectivity index (χ0n) is 30.5. The Hall–Kier alpha value is -3.45. The van der Waals surface area contributed by atoms with Crippen molar-refractivity contribution in [3.8, 4) is 5.75 Å². The number of epoxide rings is 1. The molecule has 1 aromatic rings. The van der Waals surface area contributed by atoms with Gasteiger partial charge in [0.15, 0.2) is 0 Å². The number of anilines is 1. The number of amides is 2. The smallest absolute Gasteiger partial charge is 0.328 e. The number of carbonyl (C=O) groups excluding carboxylic acids is 4. The number of esters is 2. The standard InChI is InChI=1S/C37H51ClN2O10/c1-10-12-30(41)39(6)23(4)35(44)49-29-18-31(42)40(7)25-16-24(17-26(46-8)33(25)38)15-21(2)13-11-14-28(47-9)37(45)19-27(48-32(43)20-37)22(3)34-36(29,5)50-34/h11,13-14,16-17,22-23,27-29,34,45H,10,12,15,18-20H2,1-9H3/b14-11+,21-13+/t22-,23+,27+,28-,29+,34+,36-,37-/m1/s1. The average molecular weight is 719 g/mol. The van der Waals surface area contributed by atoms with Crippen LogP contribution in [0.4, 0.5) is 5.69 Å². The minimum atomic E-state index is -1.57. The molecule has 0 radical (unpaired) electrons. The Kier molecular flexibility index (Phi) is 12.5. The number of carbonyl (C=O) groups is 4. The molecule has 1 aromatic carbocycles. The van der Waals surface area contributed by atoms with E-state index in [0.29, 0.717) is 24.3 Å². The lowest BCUT2D eigenvalue weighted by atomic mass is 9.78. The van der Waals surface area contributed by atoms with Gasteiger partial charge in [0.1, 0.15) is 46.3 Å². The van der Waals surface area contributed by atoms with Crippen LogP contribution in [0.2, 0.25) is 5.02 Å². The molecule has 4 rings (SSSR count).